The van der Waals surface area contributed by atoms with Crippen molar-refractivity contribution in [1.82, 2.24) is 4.98 Å². The molecular weight excluding hydrogens is 224 g/mol. The van der Waals surface area contributed by atoms with Crippen LogP contribution in [0.3, 0.4) is 0 Å². The Morgan fingerprint density at radius 3 is 2.94 bits per heavy atom. The first kappa shape index (κ1) is 11.4. The van der Waals surface area contributed by atoms with E-state index in [0.717, 1.165) is 18.4 Å². The molecule has 0 fully saturated rings. The zero-order chi connectivity index (χ0) is 12.4. The molecule has 1 aliphatic heterocycles. The number of fused-ring (bicyclic) bond motifs is 1. The number of nitrogens with zero attached hydrogens (tertiary/aromatic N) is 2. The molecule has 0 bridgehead atoms. The number of esters is 1. The average molecular weight is 236 g/mol. The second kappa shape index (κ2) is 4.40. The number of hydrogen-bond acceptors (Lipinski definition) is 4. The van der Waals surface area contributed by atoms with Gasteiger partial charge in [-0.05, 0) is 24.5 Å². The summed E-state index contributed by atoms with van der Waals surface area (Å²) in [4.78, 5) is 27.5. The largest absolute Gasteiger partial charge is 0.465 e. The van der Waals surface area contributed by atoms with Gasteiger partial charge in [0, 0.05) is 12.7 Å². The smallest absolute Gasteiger partial charge is 0.413 e. The van der Waals surface area contributed by atoms with Gasteiger partial charge in [0.05, 0.1) is 12.7 Å². The fraction of sp³-hybridized carbons (Fsp3) is 0.364. The Hall–Kier alpha value is -2.11. The number of carbonyl (C=O) groups excluding carboxylic acids is 1. The van der Waals surface area contributed by atoms with Crippen molar-refractivity contribution < 1.29 is 19.4 Å². The molecule has 90 valence electrons. The van der Waals surface area contributed by atoms with Crippen molar-refractivity contribution >= 4 is 17.9 Å². The molecule has 1 aromatic rings. The van der Waals surface area contributed by atoms with Crippen molar-refractivity contribution in [3.63, 3.8) is 0 Å². The molecule has 17 heavy (non-hydrogen) atoms. The quantitative estimate of drug-likeness (QED) is 0.743. The van der Waals surface area contributed by atoms with E-state index >= 15 is 0 Å². The first-order chi connectivity index (χ1) is 8.13. The van der Waals surface area contributed by atoms with E-state index in [-0.39, 0.29) is 0 Å². The second-order valence-corrected chi connectivity index (χ2v) is 3.74. The molecule has 1 amide bonds. The van der Waals surface area contributed by atoms with Crippen molar-refractivity contribution in [1.29, 1.82) is 0 Å². The normalized spacial score (nSPS) is 14.1. The van der Waals surface area contributed by atoms with E-state index in [4.69, 9.17) is 5.11 Å². The zero-order valence-corrected chi connectivity index (χ0v) is 9.34. The highest BCUT2D eigenvalue weighted by Gasteiger charge is 2.24. The summed E-state index contributed by atoms with van der Waals surface area (Å²) < 4.78 is 4.59. The van der Waals surface area contributed by atoms with Gasteiger partial charge < -0.3 is 9.84 Å². The molecule has 1 aromatic heterocycles. The third-order valence-electron chi connectivity index (χ3n) is 2.68. The fourth-order valence-corrected chi connectivity index (χ4v) is 1.88. The van der Waals surface area contributed by atoms with Crippen LogP contribution < -0.4 is 4.90 Å². The third kappa shape index (κ3) is 2.06. The monoisotopic (exact) mass is 236 g/mol. The Labute approximate surface area is 97.8 Å². The number of rotatable bonds is 1. The van der Waals surface area contributed by atoms with Gasteiger partial charge in [-0.3, -0.25) is 4.90 Å². The van der Waals surface area contributed by atoms with E-state index in [1.807, 2.05) is 0 Å². The molecule has 0 saturated carbocycles. The molecule has 0 spiro atoms. The van der Waals surface area contributed by atoms with Crippen LogP contribution in [0.5, 0.6) is 0 Å². The topological polar surface area (TPSA) is 79.7 Å². The molecule has 2 rings (SSSR count). The minimum absolute atomic E-state index is 0.346. The number of pyridine rings is 1. The van der Waals surface area contributed by atoms with Crippen molar-refractivity contribution in [3.8, 4) is 0 Å². The van der Waals surface area contributed by atoms with Crippen molar-refractivity contribution in [2.24, 2.45) is 0 Å². The Morgan fingerprint density at radius 2 is 2.29 bits per heavy atom. The van der Waals surface area contributed by atoms with Crippen LogP contribution in [-0.4, -0.2) is 35.8 Å². The molecule has 0 aliphatic carbocycles. The van der Waals surface area contributed by atoms with Crippen LogP contribution >= 0.6 is 0 Å². The average Bonchev–Trinajstić information content (AvgIpc) is 2.36. The van der Waals surface area contributed by atoms with Crippen LogP contribution in [0.4, 0.5) is 10.6 Å². The Morgan fingerprint density at radius 1 is 1.53 bits per heavy atom. The number of carbonyl (C=O) groups is 2. The third-order valence-corrected chi connectivity index (χ3v) is 2.68. The predicted octanol–water partition coefficient (Wildman–Crippen LogP) is 1.30. The molecule has 0 saturated heterocycles. The highest BCUT2D eigenvalue weighted by molar-refractivity contribution is 5.91. The summed E-state index contributed by atoms with van der Waals surface area (Å²) in [5.74, 6) is -0.0517. The van der Waals surface area contributed by atoms with Gasteiger partial charge in [-0.25, -0.2) is 14.6 Å². The first-order valence-electron chi connectivity index (χ1n) is 5.21. The summed E-state index contributed by atoms with van der Waals surface area (Å²) in [6.07, 6.45) is 1.76. The van der Waals surface area contributed by atoms with Crippen LogP contribution in [0.2, 0.25) is 0 Å². The first-order valence-corrected chi connectivity index (χ1v) is 5.21. The summed E-state index contributed by atoms with van der Waals surface area (Å²) in [6.45, 7) is 0.437. The van der Waals surface area contributed by atoms with Gasteiger partial charge in [-0.15, -0.1) is 0 Å². The molecule has 1 N–H and O–H groups in total. The summed E-state index contributed by atoms with van der Waals surface area (Å²) >= 11 is 0. The number of hydrogen-bond donors (Lipinski definition) is 1. The SMILES string of the molecule is COC(=O)c1cnc2c(c1)CCCN2C(=O)O. The minimum atomic E-state index is -1.02. The van der Waals surface area contributed by atoms with Crippen molar-refractivity contribution in [2.75, 3.05) is 18.6 Å². The number of ether oxygens (including phenoxy) is 1. The Kier molecular flexibility index (Phi) is 2.95. The highest BCUT2D eigenvalue weighted by Crippen LogP contribution is 2.25. The maximum atomic E-state index is 11.3. The highest BCUT2D eigenvalue weighted by atomic mass is 16.5. The molecular formula is C11H12N2O4. The number of amides is 1. The summed E-state index contributed by atoms with van der Waals surface area (Å²) in [5.41, 5.74) is 1.11. The standard InChI is InChI=1S/C11H12N2O4/c1-17-10(14)8-5-7-3-2-4-13(11(15)16)9(7)12-6-8/h5-6H,2-4H2,1H3,(H,15,16). The number of aromatic nitrogens is 1. The molecule has 6 heteroatoms. The van der Waals surface area contributed by atoms with Gasteiger partial charge in [0.2, 0.25) is 0 Å². The maximum Gasteiger partial charge on any atom is 0.413 e. The number of carboxylic acid groups (broad SMARTS) is 1. The zero-order valence-electron chi connectivity index (χ0n) is 9.34. The Balaban J connectivity index is 2.39. The fourth-order valence-electron chi connectivity index (χ4n) is 1.88. The molecule has 2 heterocycles. The van der Waals surface area contributed by atoms with E-state index in [9.17, 15) is 9.59 Å². The second-order valence-electron chi connectivity index (χ2n) is 3.74. The minimum Gasteiger partial charge on any atom is -0.465 e. The molecule has 0 aromatic carbocycles. The van der Waals surface area contributed by atoms with Crippen molar-refractivity contribution in [2.45, 2.75) is 12.8 Å². The number of methoxy groups -OCH3 is 1. The van der Waals surface area contributed by atoms with E-state index in [2.05, 4.69) is 9.72 Å². The lowest BCUT2D eigenvalue weighted by atomic mass is 10.0. The summed E-state index contributed by atoms with van der Waals surface area (Å²) in [7, 11) is 1.30. The summed E-state index contributed by atoms with van der Waals surface area (Å²) in [5, 5.41) is 9.00. The van der Waals surface area contributed by atoms with E-state index in [0.29, 0.717) is 17.9 Å². The van der Waals surface area contributed by atoms with Crippen LogP contribution in [0.1, 0.15) is 22.3 Å². The van der Waals surface area contributed by atoms with Gasteiger partial charge in [0.15, 0.2) is 0 Å². The van der Waals surface area contributed by atoms with Gasteiger partial charge in [0.1, 0.15) is 5.82 Å². The van der Waals surface area contributed by atoms with Gasteiger partial charge >= 0.3 is 12.1 Å². The molecule has 0 unspecified atom stereocenters. The lowest BCUT2D eigenvalue weighted by Gasteiger charge is -2.25. The van der Waals surface area contributed by atoms with Crippen LogP contribution in [-0.2, 0) is 11.2 Å². The van der Waals surface area contributed by atoms with Gasteiger partial charge in [-0.2, -0.15) is 0 Å². The van der Waals surface area contributed by atoms with Gasteiger partial charge in [0.25, 0.3) is 0 Å². The van der Waals surface area contributed by atoms with Crippen LogP contribution in [0.15, 0.2) is 12.3 Å². The van der Waals surface area contributed by atoms with Crippen molar-refractivity contribution in [3.05, 3.63) is 23.4 Å². The molecule has 0 atom stereocenters. The van der Waals surface area contributed by atoms with Crippen LogP contribution in [0.25, 0.3) is 0 Å². The summed E-state index contributed by atoms with van der Waals surface area (Å²) in [6, 6.07) is 1.64. The van der Waals surface area contributed by atoms with Gasteiger partial charge in [-0.1, -0.05) is 0 Å². The predicted molar refractivity (Wildman–Crippen MR) is 59.3 cm³/mol. The molecule has 1 aliphatic rings. The molecule has 0 radical (unpaired) electrons. The maximum absolute atomic E-state index is 11.3. The number of aryl methyl sites for hydroxylation is 1. The van der Waals surface area contributed by atoms with Crippen LogP contribution in [0, 0.1) is 0 Å². The Bertz CT molecular complexity index is 473. The number of anilines is 1. The lowest BCUT2D eigenvalue weighted by Crippen LogP contribution is -2.35. The van der Waals surface area contributed by atoms with E-state index < -0.39 is 12.1 Å². The lowest BCUT2D eigenvalue weighted by molar-refractivity contribution is 0.0600. The van der Waals surface area contributed by atoms with E-state index in [1.54, 1.807) is 6.07 Å². The molecule has 6 nitrogen and oxygen atoms in total. The van der Waals surface area contributed by atoms with E-state index in [1.165, 1.54) is 18.2 Å².